The Morgan fingerprint density at radius 2 is 1.67 bits per heavy atom. The van der Waals surface area contributed by atoms with Crippen molar-refractivity contribution in [3.05, 3.63) is 29.8 Å². The first-order chi connectivity index (χ1) is 12.6. The molecule has 1 aromatic rings. The number of benzene rings is 1. The monoisotopic (exact) mass is 396 g/mol. The van der Waals surface area contributed by atoms with E-state index in [0.29, 0.717) is 6.42 Å². The van der Waals surface area contributed by atoms with Gasteiger partial charge in [0.05, 0.1) is 4.90 Å². The molecule has 1 aliphatic rings. The molecule has 8 nitrogen and oxygen atoms in total. The van der Waals surface area contributed by atoms with Gasteiger partial charge in [0, 0.05) is 26.2 Å². The number of piperazine rings is 1. The first-order valence-corrected chi connectivity index (χ1v) is 10.5. The number of nitrogens with two attached hydrogens (primary N) is 1. The SMILES string of the molecule is Cc1ccc(S(=O)(=O)N2CCN(C(=O)C(CC(C)C)NC(N)=O)CC2)cc1. The van der Waals surface area contributed by atoms with Crippen molar-refractivity contribution in [1.29, 1.82) is 0 Å². The summed E-state index contributed by atoms with van der Waals surface area (Å²) in [5, 5.41) is 2.50. The Bertz CT molecular complexity index is 769. The molecule has 1 aromatic carbocycles. The minimum absolute atomic E-state index is 0.203. The van der Waals surface area contributed by atoms with Gasteiger partial charge in [-0.3, -0.25) is 4.79 Å². The number of hydrogen-bond donors (Lipinski definition) is 2. The van der Waals surface area contributed by atoms with Crippen LogP contribution in [0.5, 0.6) is 0 Å². The van der Waals surface area contributed by atoms with Gasteiger partial charge in [-0.1, -0.05) is 31.5 Å². The molecular formula is C18H28N4O4S. The Morgan fingerprint density at radius 3 is 2.15 bits per heavy atom. The van der Waals surface area contributed by atoms with Gasteiger partial charge >= 0.3 is 6.03 Å². The second kappa shape index (κ2) is 8.71. The van der Waals surface area contributed by atoms with Crippen LogP contribution in [0.2, 0.25) is 0 Å². The molecule has 0 spiro atoms. The largest absolute Gasteiger partial charge is 0.352 e. The average Bonchev–Trinajstić information content (AvgIpc) is 2.60. The van der Waals surface area contributed by atoms with Gasteiger partial charge in [-0.15, -0.1) is 0 Å². The van der Waals surface area contributed by atoms with Crippen molar-refractivity contribution in [1.82, 2.24) is 14.5 Å². The lowest BCUT2D eigenvalue weighted by Gasteiger charge is -2.36. The summed E-state index contributed by atoms with van der Waals surface area (Å²) in [6.45, 7) is 6.79. The Kier molecular flexibility index (Phi) is 6.83. The van der Waals surface area contributed by atoms with E-state index in [2.05, 4.69) is 5.32 Å². The molecule has 0 aromatic heterocycles. The molecule has 1 atom stereocenters. The number of rotatable bonds is 6. The van der Waals surface area contributed by atoms with Crippen LogP contribution in [-0.2, 0) is 14.8 Å². The second-order valence-electron chi connectivity index (χ2n) is 7.23. The van der Waals surface area contributed by atoms with Gasteiger partial charge < -0.3 is 16.0 Å². The number of nitrogens with one attached hydrogen (secondary N) is 1. The van der Waals surface area contributed by atoms with Crippen LogP contribution in [0.15, 0.2) is 29.2 Å². The van der Waals surface area contributed by atoms with Gasteiger partial charge in [-0.25, -0.2) is 13.2 Å². The topological polar surface area (TPSA) is 113 Å². The smallest absolute Gasteiger partial charge is 0.312 e. The van der Waals surface area contributed by atoms with E-state index in [0.717, 1.165) is 5.56 Å². The Hall–Kier alpha value is -2.13. The summed E-state index contributed by atoms with van der Waals surface area (Å²) < 4.78 is 26.9. The number of sulfonamides is 1. The lowest BCUT2D eigenvalue weighted by molar-refractivity contribution is -0.134. The summed E-state index contributed by atoms with van der Waals surface area (Å²) in [6, 6.07) is 5.28. The van der Waals surface area contributed by atoms with Gasteiger partial charge in [-0.05, 0) is 31.4 Å². The minimum atomic E-state index is -3.58. The first kappa shape index (κ1) is 21.2. The summed E-state index contributed by atoms with van der Waals surface area (Å²) >= 11 is 0. The first-order valence-electron chi connectivity index (χ1n) is 9.03. The average molecular weight is 397 g/mol. The minimum Gasteiger partial charge on any atom is -0.352 e. The molecule has 9 heteroatoms. The van der Waals surface area contributed by atoms with Crippen molar-refractivity contribution in [2.24, 2.45) is 11.7 Å². The lowest BCUT2D eigenvalue weighted by atomic mass is 10.0. The zero-order valence-corrected chi connectivity index (χ0v) is 16.8. The number of nitrogens with zero attached hydrogens (tertiary/aromatic N) is 2. The number of hydrogen-bond acceptors (Lipinski definition) is 4. The molecule has 1 fully saturated rings. The third-order valence-corrected chi connectivity index (χ3v) is 6.44. The van der Waals surface area contributed by atoms with Crippen molar-refractivity contribution in [3.8, 4) is 0 Å². The van der Waals surface area contributed by atoms with Crippen molar-refractivity contribution in [2.45, 2.75) is 38.1 Å². The lowest BCUT2D eigenvalue weighted by Crippen LogP contribution is -2.56. The van der Waals surface area contributed by atoms with Crippen molar-refractivity contribution in [3.63, 3.8) is 0 Å². The van der Waals surface area contributed by atoms with Crippen LogP contribution < -0.4 is 11.1 Å². The molecule has 3 N–H and O–H groups in total. The third-order valence-electron chi connectivity index (χ3n) is 4.53. The highest BCUT2D eigenvalue weighted by Crippen LogP contribution is 2.19. The van der Waals surface area contributed by atoms with Crippen LogP contribution in [0.3, 0.4) is 0 Å². The van der Waals surface area contributed by atoms with E-state index >= 15 is 0 Å². The summed E-state index contributed by atoms with van der Waals surface area (Å²) in [4.78, 5) is 25.8. The van der Waals surface area contributed by atoms with Crippen LogP contribution in [0.1, 0.15) is 25.8 Å². The number of urea groups is 1. The molecule has 0 aliphatic carbocycles. The van der Waals surface area contributed by atoms with Crippen molar-refractivity contribution < 1.29 is 18.0 Å². The predicted molar refractivity (Wildman–Crippen MR) is 102 cm³/mol. The van der Waals surface area contributed by atoms with Gasteiger partial charge in [0.15, 0.2) is 0 Å². The highest BCUT2D eigenvalue weighted by Gasteiger charge is 2.33. The molecule has 1 heterocycles. The normalized spacial score (nSPS) is 17.0. The summed E-state index contributed by atoms with van der Waals surface area (Å²) in [6.07, 6.45) is 0.476. The van der Waals surface area contributed by atoms with Gasteiger partial charge in [0.2, 0.25) is 15.9 Å². The fourth-order valence-electron chi connectivity index (χ4n) is 3.09. The highest BCUT2D eigenvalue weighted by atomic mass is 32.2. The molecule has 1 unspecified atom stereocenters. The molecule has 150 valence electrons. The second-order valence-corrected chi connectivity index (χ2v) is 9.17. The van der Waals surface area contributed by atoms with Gasteiger partial charge in [-0.2, -0.15) is 4.31 Å². The Morgan fingerprint density at radius 1 is 1.11 bits per heavy atom. The maximum atomic E-state index is 12.7. The molecule has 27 heavy (non-hydrogen) atoms. The number of primary amides is 1. The summed E-state index contributed by atoms with van der Waals surface area (Å²) in [5.74, 6) is -0.0242. The predicted octanol–water partition coefficient (Wildman–Crippen LogP) is 0.911. The quantitative estimate of drug-likeness (QED) is 0.744. The Labute approximate surface area is 160 Å². The molecular weight excluding hydrogens is 368 g/mol. The van der Waals surface area contributed by atoms with Gasteiger partial charge in [0.25, 0.3) is 0 Å². The molecule has 1 aliphatic heterocycles. The highest BCUT2D eigenvalue weighted by molar-refractivity contribution is 7.89. The van der Waals surface area contributed by atoms with E-state index in [1.165, 1.54) is 4.31 Å². The Balaban J connectivity index is 2.03. The zero-order chi connectivity index (χ0) is 20.2. The van der Waals surface area contributed by atoms with Crippen LogP contribution >= 0.6 is 0 Å². The molecule has 1 saturated heterocycles. The van der Waals surface area contributed by atoms with Crippen LogP contribution in [-0.4, -0.2) is 61.8 Å². The molecule has 0 saturated carbocycles. The van der Waals surface area contributed by atoms with Crippen molar-refractivity contribution in [2.75, 3.05) is 26.2 Å². The van der Waals surface area contributed by atoms with Gasteiger partial charge in [0.1, 0.15) is 6.04 Å². The standard InChI is InChI=1S/C18H28N4O4S/c1-13(2)12-16(20-18(19)24)17(23)21-8-10-22(11-9-21)27(25,26)15-6-4-14(3)5-7-15/h4-7,13,16H,8-12H2,1-3H3,(H3,19,20,24). The number of amides is 3. The summed E-state index contributed by atoms with van der Waals surface area (Å²) in [5.41, 5.74) is 6.17. The van der Waals surface area contributed by atoms with E-state index in [9.17, 15) is 18.0 Å². The van der Waals surface area contributed by atoms with Crippen LogP contribution in [0.4, 0.5) is 4.79 Å². The van der Waals surface area contributed by atoms with E-state index < -0.39 is 22.1 Å². The van der Waals surface area contributed by atoms with E-state index in [1.807, 2.05) is 20.8 Å². The molecule has 3 amide bonds. The van der Waals surface area contributed by atoms with Crippen LogP contribution in [0.25, 0.3) is 0 Å². The molecule has 0 radical (unpaired) electrons. The number of carbonyl (C=O) groups excluding carboxylic acids is 2. The maximum Gasteiger partial charge on any atom is 0.312 e. The fraction of sp³-hybridized carbons (Fsp3) is 0.556. The molecule has 2 rings (SSSR count). The van der Waals surface area contributed by atoms with E-state index in [1.54, 1.807) is 29.2 Å². The fourth-order valence-corrected chi connectivity index (χ4v) is 4.52. The maximum absolute atomic E-state index is 12.7. The van der Waals surface area contributed by atoms with Crippen molar-refractivity contribution >= 4 is 22.0 Å². The van der Waals surface area contributed by atoms with E-state index in [-0.39, 0.29) is 42.9 Å². The zero-order valence-electron chi connectivity index (χ0n) is 16.0. The molecule has 0 bridgehead atoms. The number of aryl methyl sites for hydroxylation is 1. The van der Waals surface area contributed by atoms with E-state index in [4.69, 9.17) is 5.73 Å². The number of carbonyl (C=O) groups is 2. The summed E-state index contributed by atoms with van der Waals surface area (Å²) in [7, 11) is -3.58. The van der Waals surface area contributed by atoms with Crippen LogP contribution in [0, 0.1) is 12.8 Å². The third kappa shape index (κ3) is 5.43.